The van der Waals surface area contributed by atoms with Crippen molar-refractivity contribution < 1.29 is 19.1 Å². The molecule has 2 atom stereocenters. The van der Waals surface area contributed by atoms with Crippen molar-refractivity contribution >= 4 is 11.8 Å². The first-order valence-corrected chi connectivity index (χ1v) is 10.5. The van der Waals surface area contributed by atoms with E-state index in [-0.39, 0.29) is 30.6 Å². The van der Waals surface area contributed by atoms with Crippen molar-refractivity contribution in [2.75, 3.05) is 26.7 Å². The van der Waals surface area contributed by atoms with Crippen LogP contribution in [0.2, 0.25) is 0 Å². The summed E-state index contributed by atoms with van der Waals surface area (Å²) in [5.41, 5.74) is 2.40. The highest BCUT2D eigenvalue weighted by Gasteiger charge is 2.43. The van der Waals surface area contributed by atoms with Gasteiger partial charge in [0, 0.05) is 31.5 Å². The van der Waals surface area contributed by atoms with Crippen molar-refractivity contribution in [1.29, 1.82) is 0 Å². The molecule has 0 bridgehead atoms. The predicted molar refractivity (Wildman–Crippen MR) is 118 cm³/mol. The lowest BCUT2D eigenvalue weighted by Gasteiger charge is -2.25. The number of para-hydroxylation sites is 1. The molecule has 0 radical (unpaired) electrons. The number of rotatable bonds is 4. The maximum atomic E-state index is 13.1. The Balaban J connectivity index is 1.34. The van der Waals surface area contributed by atoms with E-state index >= 15 is 0 Å². The average molecular weight is 429 g/mol. The van der Waals surface area contributed by atoms with Gasteiger partial charge < -0.3 is 19.3 Å². The van der Waals surface area contributed by atoms with Gasteiger partial charge in [0.15, 0.2) is 6.61 Å². The first-order valence-electron chi connectivity index (χ1n) is 10.5. The van der Waals surface area contributed by atoms with Gasteiger partial charge in [-0.3, -0.25) is 14.6 Å². The molecule has 7 nitrogen and oxygen atoms in total. The minimum Gasteiger partial charge on any atom is -0.485 e. The molecule has 2 unspecified atom stereocenters. The number of fused-ring (bicyclic) bond motifs is 2. The number of carbonyl (C=O) groups is 2. The fourth-order valence-corrected chi connectivity index (χ4v) is 4.21. The Morgan fingerprint density at radius 2 is 1.94 bits per heavy atom. The van der Waals surface area contributed by atoms with Gasteiger partial charge in [0.1, 0.15) is 17.6 Å². The van der Waals surface area contributed by atoms with Crippen molar-refractivity contribution in [3.8, 4) is 22.6 Å². The first kappa shape index (κ1) is 20.1. The summed E-state index contributed by atoms with van der Waals surface area (Å²) >= 11 is 0. The molecule has 7 heteroatoms. The molecule has 1 fully saturated rings. The Labute approximate surface area is 186 Å². The lowest BCUT2D eigenvalue weighted by molar-refractivity contribution is -0.132. The van der Waals surface area contributed by atoms with Crippen LogP contribution in [-0.4, -0.2) is 65.5 Å². The standard InChI is InChI=1S/C25H23N3O4/c1-27-21-14-28(24(29)16-31-19-7-3-2-4-8-19)15-23(21)32-22-12-17(9-10-20(22)25(27)30)18-6-5-11-26-13-18/h2-13,21,23H,14-16H2,1H3. The van der Waals surface area contributed by atoms with Gasteiger partial charge in [0.05, 0.1) is 18.2 Å². The number of hydrogen-bond acceptors (Lipinski definition) is 5. The van der Waals surface area contributed by atoms with Crippen molar-refractivity contribution in [2.24, 2.45) is 0 Å². The Kier molecular flexibility index (Phi) is 5.23. The van der Waals surface area contributed by atoms with Crippen LogP contribution in [0.1, 0.15) is 10.4 Å². The molecule has 1 aromatic heterocycles. The molecule has 2 aliphatic heterocycles. The Morgan fingerprint density at radius 3 is 2.72 bits per heavy atom. The van der Waals surface area contributed by atoms with Crippen LogP contribution in [0.5, 0.6) is 11.5 Å². The molecule has 2 aromatic carbocycles. The van der Waals surface area contributed by atoms with Gasteiger partial charge in [0.25, 0.3) is 11.8 Å². The van der Waals surface area contributed by atoms with Crippen molar-refractivity contribution in [3.63, 3.8) is 0 Å². The van der Waals surface area contributed by atoms with Crippen LogP contribution in [0.15, 0.2) is 73.1 Å². The van der Waals surface area contributed by atoms with Gasteiger partial charge in [0.2, 0.25) is 0 Å². The van der Waals surface area contributed by atoms with E-state index in [0.717, 1.165) is 11.1 Å². The molecule has 3 aromatic rings. The number of pyridine rings is 1. The molecule has 0 N–H and O–H groups in total. The molecular weight excluding hydrogens is 406 g/mol. The van der Waals surface area contributed by atoms with E-state index in [0.29, 0.717) is 30.2 Å². The van der Waals surface area contributed by atoms with E-state index in [1.165, 1.54) is 0 Å². The third-order valence-corrected chi connectivity index (χ3v) is 6.00. The largest absolute Gasteiger partial charge is 0.485 e. The van der Waals surface area contributed by atoms with Gasteiger partial charge in [-0.25, -0.2) is 0 Å². The molecule has 0 spiro atoms. The molecule has 0 saturated carbocycles. The number of benzene rings is 2. The zero-order chi connectivity index (χ0) is 22.1. The van der Waals surface area contributed by atoms with Gasteiger partial charge in [-0.15, -0.1) is 0 Å². The molecule has 32 heavy (non-hydrogen) atoms. The Bertz CT molecular complexity index is 1140. The van der Waals surface area contributed by atoms with Crippen molar-refractivity contribution in [2.45, 2.75) is 12.1 Å². The first-order chi connectivity index (χ1) is 15.6. The summed E-state index contributed by atoms with van der Waals surface area (Å²) < 4.78 is 11.9. The summed E-state index contributed by atoms with van der Waals surface area (Å²) in [4.78, 5) is 33.4. The Morgan fingerprint density at radius 1 is 1.09 bits per heavy atom. The smallest absolute Gasteiger partial charge is 0.260 e. The summed E-state index contributed by atoms with van der Waals surface area (Å²) in [6.07, 6.45) is 3.19. The third-order valence-electron chi connectivity index (χ3n) is 6.00. The number of aromatic nitrogens is 1. The average Bonchev–Trinajstić information content (AvgIpc) is 3.23. The van der Waals surface area contributed by atoms with Crippen LogP contribution in [0, 0.1) is 0 Å². The summed E-state index contributed by atoms with van der Waals surface area (Å²) in [5, 5.41) is 0. The van der Waals surface area contributed by atoms with Gasteiger partial charge >= 0.3 is 0 Å². The zero-order valence-electron chi connectivity index (χ0n) is 17.7. The topological polar surface area (TPSA) is 72.0 Å². The Hall–Kier alpha value is -3.87. The zero-order valence-corrected chi connectivity index (χ0v) is 17.7. The third kappa shape index (κ3) is 3.77. The second-order valence-electron chi connectivity index (χ2n) is 7.99. The van der Waals surface area contributed by atoms with E-state index in [2.05, 4.69) is 4.98 Å². The van der Waals surface area contributed by atoms with Crippen LogP contribution in [0.3, 0.4) is 0 Å². The second-order valence-corrected chi connectivity index (χ2v) is 7.99. The minimum atomic E-state index is -0.310. The van der Waals surface area contributed by atoms with Gasteiger partial charge in [-0.05, 0) is 35.9 Å². The molecule has 2 aliphatic rings. The molecule has 0 aliphatic carbocycles. The molecule has 3 heterocycles. The van der Waals surface area contributed by atoms with Crippen LogP contribution < -0.4 is 9.47 Å². The second kappa shape index (κ2) is 8.34. The number of carbonyl (C=O) groups excluding carboxylic acids is 2. The fourth-order valence-electron chi connectivity index (χ4n) is 4.21. The highest BCUT2D eigenvalue weighted by Crippen LogP contribution is 2.34. The summed E-state index contributed by atoms with van der Waals surface area (Å²) in [7, 11) is 1.77. The fraction of sp³-hybridized carbons (Fsp3) is 0.240. The molecule has 1 saturated heterocycles. The van der Waals surface area contributed by atoms with Gasteiger partial charge in [-0.2, -0.15) is 0 Å². The molecule has 2 amide bonds. The quantitative estimate of drug-likeness (QED) is 0.638. The molecule has 162 valence electrons. The molecular formula is C25H23N3O4. The monoisotopic (exact) mass is 429 g/mol. The minimum absolute atomic E-state index is 0.0527. The summed E-state index contributed by atoms with van der Waals surface area (Å²) in [6, 6.07) is 18.4. The lowest BCUT2D eigenvalue weighted by atomic mass is 10.0. The van der Waals surface area contributed by atoms with Crippen LogP contribution in [0.25, 0.3) is 11.1 Å². The summed E-state index contributed by atoms with van der Waals surface area (Å²) in [5.74, 6) is 0.941. The number of amides is 2. The molecule has 5 rings (SSSR count). The van der Waals surface area contributed by atoms with E-state index < -0.39 is 0 Å². The summed E-state index contributed by atoms with van der Waals surface area (Å²) in [6.45, 7) is 0.756. The van der Waals surface area contributed by atoms with Crippen molar-refractivity contribution in [3.05, 3.63) is 78.6 Å². The number of likely N-dealkylation sites (N-methyl/N-ethyl adjacent to an activating group) is 1. The number of likely N-dealkylation sites (tertiary alicyclic amines) is 1. The van der Waals surface area contributed by atoms with E-state index in [1.807, 2.05) is 54.6 Å². The van der Waals surface area contributed by atoms with Crippen LogP contribution in [0.4, 0.5) is 0 Å². The van der Waals surface area contributed by atoms with Crippen LogP contribution >= 0.6 is 0 Å². The van der Waals surface area contributed by atoms with E-state index in [1.54, 1.807) is 35.3 Å². The SMILES string of the molecule is CN1C(=O)c2ccc(-c3cccnc3)cc2OC2CN(C(=O)COc3ccccc3)CC21. The highest BCUT2D eigenvalue weighted by atomic mass is 16.5. The number of hydrogen-bond donors (Lipinski definition) is 0. The van der Waals surface area contributed by atoms with E-state index in [9.17, 15) is 9.59 Å². The van der Waals surface area contributed by atoms with Gasteiger partial charge in [-0.1, -0.05) is 30.3 Å². The lowest BCUT2D eigenvalue weighted by Crippen LogP contribution is -2.44. The maximum absolute atomic E-state index is 13.1. The number of ether oxygens (including phenoxy) is 2. The predicted octanol–water partition coefficient (Wildman–Crippen LogP) is 2.87. The van der Waals surface area contributed by atoms with E-state index in [4.69, 9.17) is 9.47 Å². The van der Waals surface area contributed by atoms with Crippen molar-refractivity contribution in [1.82, 2.24) is 14.8 Å². The number of nitrogens with zero attached hydrogens (tertiary/aromatic N) is 3. The normalized spacial score (nSPS) is 19.6. The maximum Gasteiger partial charge on any atom is 0.260 e. The highest BCUT2D eigenvalue weighted by molar-refractivity contribution is 5.98. The van der Waals surface area contributed by atoms with Crippen LogP contribution in [-0.2, 0) is 4.79 Å².